The number of hydrogen-bond donors (Lipinski definition) is 4. The number of aryl methyl sites for hydroxylation is 1. The molecule has 0 unspecified atom stereocenters. The third-order valence-corrected chi connectivity index (χ3v) is 7.01. The number of rotatable bonds is 12. The molecule has 1 amide bonds. The predicted octanol–water partition coefficient (Wildman–Crippen LogP) is 2.28. The van der Waals surface area contributed by atoms with Crippen molar-refractivity contribution in [3.63, 3.8) is 0 Å². The van der Waals surface area contributed by atoms with Crippen LogP contribution in [-0.4, -0.2) is 49.9 Å². The minimum absolute atomic E-state index is 0.0760. The molecule has 0 bridgehead atoms. The van der Waals surface area contributed by atoms with Crippen molar-refractivity contribution in [2.45, 2.75) is 57.2 Å². The summed E-state index contributed by atoms with van der Waals surface area (Å²) in [6, 6.07) is 1.70. The third-order valence-electron chi connectivity index (χ3n) is 4.49. The Balaban J connectivity index is 1.78. The van der Waals surface area contributed by atoms with Crippen LogP contribution >= 0.6 is 11.3 Å². The van der Waals surface area contributed by atoms with Crippen molar-refractivity contribution in [2.75, 3.05) is 12.3 Å². The number of aliphatic carboxylic acids is 1. The van der Waals surface area contributed by atoms with Crippen LogP contribution in [0, 0.1) is 0 Å². The lowest BCUT2D eigenvalue weighted by atomic mass is 10.1. The highest BCUT2D eigenvalue weighted by Gasteiger charge is 2.37. The Morgan fingerprint density at radius 3 is 2.56 bits per heavy atom. The van der Waals surface area contributed by atoms with Crippen molar-refractivity contribution in [3.8, 4) is 0 Å². The number of carbonyl (C=O) groups is 2. The van der Waals surface area contributed by atoms with Crippen LogP contribution in [0.25, 0.3) is 0 Å². The summed E-state index contributed by atoms with van der Waals surface area (Å²) < 4.78 is 61.8. The molecule has 1 atom stereocenters. The van der Waals surface area contributed by atoms with Crippen LogP contribution in [0.2, 0.25) is 0 Å². The molecule has 1 aromatic heterocycles. The topological polar surface area (TPSA) is 125 Å². The molecular formula is C19H26F3N3O5S2. The quantitative estimate of drug-likeness (QED) is 0.329. The van der Waals surface area contributed by atoms with Gasteiger partial charge in [-0.15, -0.1) is 11.3 Å². The van der Waals surface area contributed by atoms with Gasteiger partial charge in [0.1, 0.15) is 11.9 Å². The second kappa shape index (κ2) is 11.7. The lowest BCUT2D eigenvalue weighted by Crippen LogP contribution is -2.45. The first-order valence-corrected chi connectivity index (χ1v) is 12.5. The molecular weight excluding hydrogens is 471 g/mol. The van der Waals surface area contributed by atoms with E-state index in [9.17, 15) is 36.3 Å². The van der Waals surface area contributed by atoms with Crippen molar-refractivity contribution in [3.05, 3.63) is 33.8 Å². The summed E-state index contributed by atoms with van der Waals surface area (Å²) in [6.45, 7) is 0.833. The number of amides is 1. The predicted molar refractivity (Wildman–Crippen MR) is 113 cm³/mol. The number of thiophene rings is 1. The summed E-state index contributed by atoms with van der Waals surface area (Å²) in [5.74, 6) is -3.03. The van der Waals surface area contributed by atoms with E-state index in [0.717, 1.165) is 36.5 Å². The molecule has 4 N–H and O–H groups in total. The van der Waals surface area contributed by atoms with Crippen LogP contribution in [0.4, 0.5) is 13.2 Å². The van der Waals surface area contributed by atoms with Gasteiger partial charge in [-0.05, 0) is 50.3 Å². The van der Waals surface area contributed by atoms with Gasteiger partial charge in [0, 0.05) is 29.1 Å². The monoisotopic (exact) mass is 497 g/mol. The fraction of sp³-hybridized carbons (Fsp3) is 0.579. The Kier molecular flexibility index (Phi) is 9.52. The van der Waals surface area contributed by atoms with E-state index in [4.69, 9.17) is 0 Å². The molecule has 8 nitrogen and oxygen atoms in total. The van der Waals surface area contributed by atoms with Crippen molar-refractivity contribution in [1.29, 1.82) is 0 Å². The molecule has 0 radical (unpaired) electrons. The number of carboxylic acids is 1. The van der Waals surface area contributed by atoms with Gasteiger partial charge in [0.15, 0.2) is 5.75 Å². The molecule has 1 aliphatic rings. The second-order valence-electron chi connectivity index (χ2n) is 7.40. The maximum atomic E-state index is 12.4. The van der Waals surface area contributed by atoms with E-state index < -0.39 is 34.0 Å². The van der Waals surface area contributed by atoms with E-state index in [2.05, 4.69) is 10.6 Å². The Morgan fingerprint density at radius 2 is 1.94 bits per heavy atom. The zero-order chi connectivity index (χ0) is 23.8. The summed E-state index contributed by atoms with van der Waals surface area (Å²) in [4.78, 5) is 24.7. The molecule has 1 aromatic rings. The Bertz CT molecular complexity index is 929. The second-order valence-corrected chi connectivity index (χ2v) is 10.4. The molecule has 0 aromatic carbocycles. The Hall–Kier alpha value is -2.12. The van der Waals surface area contributed by atoms with Crippen LogP contribution in [0.3, 0.4) is 0 Å². The van der Waals surface area contributed by atoms with Gasteiger partial charge >= 0.3 is 12.1 Å². The van der Waals surface area contributed by atoms with Crippen LogP contribution in [0.15, 0.2) is 24.0 Å². The number of halogens is 3. The average Bonchev–Trinajstić information content (AvgIpc) is 3.10. The Labute approximate surface area is 188 Å². The number of nitrogens with one attached hydrogen (secondary N) is 3. The van der Waals surface area contributed by atoms with E-state index in [-0.39, 0.29) is 12.3 Å². The SMILES string of the molecule is O=C(CCCCc1ccc(C[C@H](NS(=O)(=O)CC(F)(F)F)C(=O)O)s1)NC1=CCCCN1. The Morgan fingerprint density at radius 1 is 1.22 bits per heavy atom. The smallest absolute Gasteiger partial charge is 0.404 e. The van der Waals surface area contributed by atoms with Gasteiger partial charge in [0.25, 0.3) is 0 Å². The van der Waals surface area contributed by atoms with Crippen LogP contribution in [0.5, 0.6) is 0 Å². The van der Waals surface area contributed by atoms with Crippen LogP contribution in [0.1, 0.15) is 41.9 Å². The third kappa shape index (κ3) is 10.0. The highest BCUT2D eigenvalue weighted by atomic mass is 32.2. The molecule has 0 spiro atoms. The minimum Gasteiger partial charge on any atom is -0.480 e. The maximum absolute atomic E-state index is 12.4. The molecule has 1 aliphatic heterocycles. The summed E-state index contributed by atoms with van der Waals surface area (Å²) in [7, 11) is -4.83. The number of alkyl halides is 3. The lowest BCUT2D eigenvalue weighted by Gasteiger charge is -2.16. The van der Waals surface area contributed by atoms with E-state index in [1.54, 1.807) is 16.9 Å². The van der Waals surface area contributed by atoms with Crippen LogP contribution in [-0.2, 0) is 32.5 Å². The first kappa shape index (κ1) is 26.1. The highest BCUT2D eigenvalue weighted by molar-refractivity contribution is 7.89. The maximum Gasteiger partial charge on any atom is 0.404 e. The first-order valence-electron chi connectivity index (χ1n) is 10.0. The van der Waals surface area contributed by atoms with Gasteiger partial charge in [0.05, 0.1) is 0 Å². The van der Waals surface area contributed by atoms with Crippen molar-refractivity contribution in [2.24, 2.45) is 0 Å². The summed E-state index contributed by atoms with van der Waals surface area (Å²) >= 11 is 1.27. The molecule has 0 aliphatic carbocycles. The average molecular weight is 498 g/mol. The number of hydrogen-bond acceptors (Lipinski definition) is 6. The zero-order valence-corrected chi connectivity index (χ0v) is 18.8. The van der Waals surface area contributed by atoms with Gasteiger partial charge in [-0.25, -0.2) is 13.1 Å². The van der Waals surface area contributed by atoms with E-state index in [1.165, 1.54) is 11.3 Å². The van der Waals surface area contributed by atoms with E-state index in [0.29, 0.717) is 24.1 Å². The van der Waals surface area contributed by atoms with Crippen molar-refractivity contribution in [1.82, 2.24) is 15.4 Å². The minimum atomic E-state index is -4.97. The van der Waals surface area contributed by atoms with Gasteiger partial charge in [-0.1, -0.05) is 0 Å². The van der Waals surface area contributed by atoms with Gasteiger partial charge in [0.2, 0.25) is 15.9 Å². The lowest BCUT2D eigenvalue weighted by molar-refractivity contribution is -0.139. The molecule has 0 saturated carbocycles. The molecule has 2 rings (SSSR count). The molecule has 2 heterocycles. The number of carboxylic acid groups (broad SMARTS) is 1. The van der Waals surface area contributed by atoms with Crippen LogP contribution < -0.4 is 15.4 Å². The molecule has 180 valence electrons. The molecule has 13 heteroatoms. The van der Waals surface area contributed by atoms with E-state index >= 15 is 0 Å². The van der Waals surface area contributed by atoms with E-state index in [1.807, 2.05) is 6.08 Å². The van der Waals surface area contributed by atoms with Crippen molar-refractivity contribution >= 4 is 33.2 Å². The largest absolute Gasteiger partial charge is 0.480 e. The highest BCUT2D eigenvalue weighted by Crippen LogP contribution is 2.22. The number of sulfonamides is 1. The summed E-state index contributed by atoms with van der Waals surface area (Å²) in [5, 5.41) is 15.1. The fourth-order valence-electron chi connectivity index (χ4n) is 3.06. The molecule has 32 heavy (non-hydrogen) atoms. The van der Waals surface area contributed by atoms with Gasteiger partial charge in [-0.3, -0.25) is 9.59 Å². The van der Waals surface area contributed by atoms with Gasteiger partial charge in [-0.2, -0.15) is 13.2 Å². The normalized spacial score (nSPS) is 15.5. The number of allylic oxidation sites excluding steroid dienone is 1. The number of carbonyl (C=O) groups excluding carboxylic acids is 1. The van der Waals surface area contributed by atoms with Gasteiger partial charge < -0.3 is 15.7 Å². The summed E-state index contributed by atoms with van der Waals surface area (Å²) in [6.07, 6.45) is 1.07. The molecule has 0 saturated heterocycles. The number of unbranched alkanes of at least 4 members (excludes halogenated alkanes) is 1. The summed E-state index contributed by atoms with van der Waals surface area (Å²) in [5.41, 5.74) is 0. The zero-order valence-electron chi connectivity index (χ0n) is 17.2. The first-order chi connectivity index (χ1) is 14.9. The fourth-order valence-corrected chi connectivity index (χ4v) is 5.29. The van der Waals surface area contributed by atoms with Crippen molar-refractivity contribution < 1.29 is 36.3 Å². The standard InChI is InChI=1S/C19H26F3N3O5S2/c20-19(21,22)12-32(29,30)25-15(18(27)28)11-14-9-8-13(31-14)5-1-2-7-17(26)24-16-6-3-4-10-23-16/h6,8-9,15,23,25H,1-5,7,10-12H2,(H,24,26)(H,27,28)/t15-/m0/s1. The molecule has 0 fully saturated rings.